The number of amidine groups is 1. The van der Waals surface area contributed by atoms with Crippen molar-refractivity contribution < 1.29 is 22.6 Å². The maximum Gasteiger partial charge on any atom is 0.455 e. The number of methoxy groups -OCH3 is 1. The Morgan fingerprint density at radius 3 is 2.21 bits per heavy atom. The molecular formula is C22H17F3N2O2. The topological polar surface area (TPSA) is 42.9 Å². The number of hydrogen-bond donors (Lipinski definition) is 1. The minimum Gasteiger partial charge on any atom is -0.497 e. The number of nitrogens with one attached hydrogen (secondary N) is 1. The Kier molecular flexibility index (Phi) is 4.66. The van der Waals surface area contributed by atoms with Gasteiger partial charge in [0.05, 0.1) is 12.7 Å². The molecule has 0 spiro atoms. The van der Waals surface area contributed by atoms with Crippen LogP contribution in [0.1, 0.15) is 11.1 Å². The van der Waals surface area contributed by atoms with Crippen LogP contribution in [-0.2, 0) is 5.72 Å². The van der Waals surface area contributed by atoms with Crippen molar-refractivity contribution in [1.29, 1.82) is 0 Å². The normalized spacial score (nSPS) is 18.3. The maximum absolute atomic E-state index is 14.4. The van der Waals surface area contributed by atoms with Crippen molar-refractivity contribution in [3.63, 3.8) is 0 Å². The van der Waals surface area contributed by atoms with Gasteiger partial charge >= 0.3 is 11.9 Å². The van der Waals surface area contributed by atoms with Crippen LogP contribution in [0, 0.1) is 0 Å². The molecule has 0 aromatic heterocycles. The molecule has 1 atom stereocenters. The zero-order valence-electron chi connectivity index (χ0n) is 15.4. The largest absolute Gasteiger partial charge is 0.497 e. The first-order valence-electron chi connectivity index (χ1n) is 8.84. The highest BCUT2D eigenvalue weighted by Gasteiger charge is 2.61. The fourth-order valence-electron chi connectivity index (χ4n) is 3.14. The molecule has 0 saturated heterocycles. The minimum atomic E-state index is -4.81. The summed E-state index contributed by atoms with van der Waals surface area (Å²) in [4.78, 5) is 4.06. The smallest absolute Gasteiger partial charge is 0.455 e. The minimum absolute atomic E-state index is 0.0268. The third-order valence-corrected chi connectivity index (χ3v) is 4.56. The monoisotopic (exact) mass is 398 g/mol. The van der Waals surface area contributed by atoms with E-state index in [-0.39, 0.29) is 17.1 Å². The van der Waals surface area contributed by atoms with Crippen LogP contribution in [0.3, 0.4) is 0 Å². The molecule has 4 nitrogen and oxygen atoms in total. The number of benzene rings is 3. The molecule has 1 aliphatic rings. The second-order valence-corrected chi connectivity index (χ2v) is 6.42. The molecule has 1 heterocycles. The van der Waals surface area contributed by atoms with E-state index in [2.05, 4.69) is 10.3 Å². The first-order valence-corrected chi connectivity index (χ1v) is 8.84. The Hall–Kier alpha value is -3.48. The van der Waals surface area contributed by atoms with Crippen molar-refractivity contribution in [2.24, 2.45) is 4.99 Å². The number of fused-ring (bicyclic) bond motifs is 1. The van der Waals surface area contributed by atoms with Gasteiger partial charge in [-0.3, -0.25) is 0 Å². The second kappa shape index (κ2) is 7.16. The van der Waals surface area contributed by atoms with Crippen LogP contribution in [0.2, 0.25) is 0 Å². The van der Waals surface area contributed by atoms with E-state index < -0.39 is 11.9 Å². The summed E-state index contributed by atoms with van der Waals surface area (Å²) < 4.78 is 53.9. The van der Waals surface area contributed by atoms with Crippen molar-refractivity contribution >= 4 is 11.5 Å². The van der Waals surface area contributed by atoms with Gasteiger partial charge in [0.1, 0.15) is 17.3 Å². The summed E-state index contributed by atoms with van der Waals surface area (Å²) in [6, 6.07) is 21.0. The maximum atomic E-state index is 14.4. The van der Waals surface area contributed by atoms with Crippen molar-refractivity contribution in [2.75, 3.05) is 12.4 Å². The molecule has 0 aliphatic carbocycles. The van der Waals surface area contributed by atoms with Gasteiger partial charge in [0.25, 0.3) is 0 Å². The average molecular weight is 398 g/mol. The standard InChI is InChI=1S/C22H17F3N2O2/c1-28-17-12-13-18-19(14-17)29-21(22(23,24)25,15-8-4-2-5-9-15)27-20(18)26-16-10-6-3-7-11-16/h2-14H,1H3,(H,26,27)/t21-/m1/s1. The summed E-state index contributed by atoms with van der Waals surface area (Å²) in [7, 11) is 1.44. The van der Waals surface area contributed by atoms with E-state index in [0.717, 1.165) is 0 Å². The summed E-state index contributed by atoms with van der Waals surface area (Å²) in [5.74, 6) is 0.467. The Morgan fingerprint density at radius 2 is 1.59 bits per heavy atom. The molecule has 0 amide bonds. The zero-order valence-corrected chi connectivity index (χ0v) is 15.4. The van der Waals surface area contributed by atoms with Gasteiger partial charge in [-0.15, -0.1) is 0 Å². The number of halogens is 3. The summed E-state index contributed by atoms with van der Waals surface area (Å²) in [5.41, 5.74) is -1.98. The fraction of sp³-hybridized carbons (Fsp3) is 0.136. The summed E-state index contributed by atoms with van der Waals surface area (Å²) in [6.07, 6.45) is -4.81. The SMILES string of the molecule is COc1ccc2c(c1)O[C@](c1ccccc1)(C(F)(F)F)N=C2Nc1ccccc1. The highest BCUT2D eigenvalue weighted by molar-refractivity contribution is 6.11. The highest BCUT2D eigenvalue weighted by Crippen LogP contribution is 2.48. The highest BCUT2D eigenvalue weighted by atomic mass is 19.4. The quantitative estimate of drug-likeness (QED) is 0.646. The zero-order chi connectivity index (χ0) is 20.5. The predicted molar refractivity (Wildman–Crippen MR) is 104 cm³/mol. The molecule has 1 N–H and O–H groups in total. The average Bonchev–Trinajstić information content (AvgIpc) is 2.73. The fourth-order valence-corrected chi connectivity index (χ4v) is 3.14. The van der Waals surface area contributed by atoms with E-state index in [9.17, 15) is 13.2 Å². The van der Waals surface area contributed by atoms with E-state index in [1.54, 1.807) is 42.5 Å². The molecule has 0 bridgehead atoms. The van der Waals surface area contributed by atoms with Crippen LogP contribution in [0.4, 0.5) is 18.9 Å². The first kappa shape index (κ1) is 18.9. The van der Waals surface area contributed by atoms with Crippen molar-refractivity contribution in [3.8, 4) is 11.5 Å². The van der Waals surface area contributed by atoms with Crippen LogP contribution >= 0.6 is 0 Å². The molecule has 1 aliphatic heterocycles. The number of anilines is 1. The van der Waals surface area contributed by atoms with Gasteiger partial charge in [0, 0.05) is 17.3 Å². The lowest BCUT2D eigenvalue weighted by atomic mass is 9.99. The van der Waals surface area contributed by atoms with Crippen LogP contribution in [0.5, 0.6) is 11.5 Å². The van der Waals surface area contributed by atoms with Crippen molar-refractivity contribution in [1.82, 2.24) is 0 Å². The molecule has 0 saturated carbocycles. The summed E-state index contributed by atoms with van der Waals surface area (Å²) in [5, 5.41) is 3.00. The first-order chi connectivity index (χ1) is 13.9. The van der Waals surface area contributed by atoms with E-state index in [4.69, 9.17) is 9.47 Å². The molecule has 4 rings (SSSR count). The van der Waals surface area contributed by atoms with Crippen molar-refractivity contribution in [3.05, 3.63) is 90.0 Å². The Morgan fingerprint density at radius 1 is 0.931 bits per heavy atom. The van der Waals surface area contributed by atoms with E-state index in [0.29, 0.717) is 17.0 Å². The predicted octanol–water partition coefficient (Wildman–Crippen LogP) is 5.36. The van der Waals surface area contributed by atoms with Crippen LogP contribution < -0.4 is 14.8 Å². The molecule has 0 unspecified atom stereocenters. The van der Waals surface area contributed by atoms with E-state index in [1.807, 2.05) is 6.07 Å². The second-order valence-electron chi connectivity index (χ2n) is 6.42. The van der Waals surface area contributed by atoms with Crippen LogP contribution in [0.15, 0.2) is 83.9 Å². The molecule has 148 valence electrons. The molecule has 3 aromatic rings. The van der Waals surface area contributed by atoms with E-state index in [1.165, 1.54) is 37.4 Å². The molecule has 3 aromatic carbocycles. The Labute approximate surface area is 165 Å². The Bertz CT molecular complexity index is 1040. The molecule has 0 radical (unpaired) electrons. The van der Waals surface area contributed by atoms with Gasteiger partial charge in [0.15, 0.2) is 0 Å². The number of para-hydroxylation sites is 1. The van der Waals surface area contributed by atoms with Crippen molar-refractivity contribution in [2.45, 2.75) is 11.9 Å². The third-order valence-electron chi connectivity index (χ3n) is 4.56. The number of ether oxygens (including phenoxy) is 2. The van der Waals surface area contributed by atoms with Crippen LogP contribution in [0.25, 0.3) is 0 Å². The summed E-state index contributed by atoms with van der Waals surface area (Å²) in [6.45, 7) is 0. The van der Waals surface area contributed by atoms with Gasteiger partial charge in [-0.1, -0.05) is 48.5 Å². The number of hydrogen-bond acceptors (Lipinski definition) is 4. The van der Waals surface area contributed by atoms with Gasteiger partial charge in [0.2, 0.25) is 0 Å². The van der Waals surface area contributed by atoms with E-state index >= 15 is 0 Å². The van der Waals surface area contributed by atoms with Crippen LogP contribution in [-0.4, -0.2) is 19.1 Å². The third kappa shape index (κ3) is 3.40. The van der Waals surface area contributed by atoms with Gasteiger partial charge in [-0.05, 0) is 24.3 Å². The van der Waals surface area contributed by atoms with Gasteiger partial charge < -0.3 is 14.8 Å². The number of aliphatic imine (C=N–C) groups is 1. The molecule has 29 heavy (non-hydrogen) atoms. The van der Waals surface area contributed by atoms with Gasteiger partial charge in [-0.2, -0.15) is 13.2 Å². The number of alkyl halides is 3. The molecular weight excluding hydrogens is 381 g/mol. The summed E-state index contributed by atoms with van der Waals surface area (Å²) >= 11 is 0. The molecule has 7 heteroatoms. The number of nitrogens with zero attached hydrogens (tertiary/aromatic N) is 1. The lowest BCUT2D eigenvalue weighted by Gasteiger charge is -2.37. The number of rotatable bonds is 3. The molecule has 0 fully saturated rings. The lowest BCUT2D eigenvalue weighted by Crippen LogP contribution is -2.49. The lowest BCUT2D eigenvalue weighted by molar-refractivity contribution is -0.252. The Balaban J connectivity index is 1.93. The van der Waals surface area contributed by atoms with Gasteiger partial charge in [-0.25, -0.2) is 4.99 Å².